The lowest BCUT2D eigenvalue weighted by Crippen LogP contribution is -2.09. The van der Waals surface area contributed by atoms with Crippen LogP contribution in [0.4, 0.5) is 5.95 Å². The number of carbonyl (C=O) groups excluding carboxylic acids is 1. The van der Waals surface area contributed by atoms with Gasteiger partial charge in [0.15, 0.2) is 0 Å². The second kappa shape index (κ2) is 9.06. The maximum absolute atomic E-state index is 12.5. The summed E-state index contributed by atoms with van der Waals surface area (Å²) in [4.78, 5) is 21.6. The van der Waals surface area contributed by atoms with Gasteiger partial charge in [0, 0.05) is 22.2 Å². The van der Waals surface area contributed by atoms with Crippen molar-refractivity contribution < 1.29 is 4.79 Å². The molecule has 0 radical (unpaired) electrons. The third kappa shape index (κ3) is 4.51. The third-order valence-corrected chi connectivity index (χ3v) is 5.35. The predicted octanol–water partition coefficient (Wildman–Crippen LogP) is 5.76. The van der Waals surface area contributed by atoms with Crippen LogP contribution in [0.5, 0.6) is 0 Å². The SMILES string of the molecule is O=C(C=Cc1ccccc1Cl)Nc1nc2nc(-c3ccccc3)cc(-c3ccccc3)n2n1. The van der Waals surface area contributed by atoms with E-state index in [0.717, 1.165) is 28.1 Å². The van der Waals surface area contributed by atoms with Crippen molar-refractivity contribution in [1.82, 2.24) is 19.6 Å². The van der Waals surface area contributed by atoms with Crippen LogP contribution < -0.4 is 5.32 Å². The standard InChI is InChI=1S/C26H18ClN5O/c27-21-14-8-7-9-18(21)15-16-24(33)29-25-30-26-28-22(19-10-3-1-4-11-19)17-23(32(26)31-25)20-12-5-2-6-13-20/h1-17H,(H,29,31,33). The molecule has 6 nitrogen and oxygen atoms in total. The Hall–Kier alpha value is -4.29. The van der Waals surface area contributed by atoms with E-state index in [2.05, 4.69) is 20.4 Å². The van der Waals surface area contributed by atoms with E-state index < -0.39 is 0 Å². The molecule has 0 fully saturated rings. The second-order valence-corrected chi connectivity index (χ2v) is 7.66. The van der Waals surface area contributed by atoms with Crippen LogP contribution >= 0.6 is 11.6 Å². The Morgan fingerprint density at radius 1 is 0.848 bits per heavy atom. The van der Waals surface area contributed by atoms with E-state index in [1.165, 1.54) is 6.08 Å². The summed E-state index contributed by atoms with van der Waals surface area (Å²) in [5, 5.41) is 7.76. The molecule has 2 aromatic heterocycles. The average molecular weight is 452 g/mol. The Morgan fingerprint density at radius 3 is 2.24 bits per heavy atom. The van der Waals surface area contributed by atoms with Crippen molar-refractivity contribution in [3.05, 3.63) is 108 Å². The van der Waals surface area contributed by atoms with Crippen molar-refractivity contribution in [3.63, 3.8) is 0 Å². The van der Waals surface area contributed by atoms with Gasteiger partial charge in [-0.25, -0.2) is 4.98 Å². The molecule has 160 valence electrons. The number of rotatable bonds is 5. The van der Waals surface area contributed by atoms with E-state index in [4.69, 9.17) is 11.6 Å². The van der Waals surface area contributed by atoms with E-state index in [0.29, 0.717) is 10.8 Å². The van der Waals surface area contributed by atoms with Crippen LogP contribution in [-0.4, -0.2) is 25.5 Å². The predicted molar refractivity (Wildman–Crippen MR) is 131 cm³/mol. The maximum atomic E-state index is 12.5. The zero-order valence-electron chi connectivity index (χ0n) is 17.4. The van der Waals surface area contributed by atoms with E-state index in [9.17, 15) is 4.79 Å². The lowest BCUT2D eigenvalue weighted by atomic mass is 10.1. The molecular formula is C26H18ClN5O. The van der Waals surface area contributed by atoms with Gasteiger partial charge in [0.05, 0.1) is 11.4 Å². The van der Waals surface area contributed by atoms with E-state index in [1.807, 2.05) is 84.9 Å². The minimum atomic E-state index is -0.365. The molecule has 0 atom stereocenters. The lowest BCUT2D eigenvalue weighted by Gasteiger charge is -2.07. The molecule has 33 heavy (non-hydrogen) atoms. The number of carbonyl (C=O) groups is 1. The number of amides is 1. The van der Waals surface area contributed by atoms with Gasteiger partial charge < -0.3 is 0 Å². The zero-order chi connectivity index (χ0) is 22.6. The molecule has 1 N–H and O–H groups in total. The monoisotopic (exact) mass is 451 g/mol. The van der Waals surface area contributed by atoms with Crippen LogP contribution in [0.25, 0.3) is 34.4 Å². The summed E-state index contributed by atoms with van der Waals surface area (Å²) < 4.78 is 1.63. The van der Waals surface area contributed by atoms with Crippen LogP contribution in [0.2, 0.25) is 5.02 Å². The molecule has 0 aliphatic heterocycles. The molecule has 0 bridgehead atoms. The second-order valence-electron chi connectivity index (χ2n) is 7.25. The Balaban J connectivity index is 1.51. The Morgan fingerprint density at radius 2 is 1.52 bits per heavy atom. The molecule has 3 aromatic carbocycles. The molecule has 5 rings (SSSR count). The van der Waals surface area contributed by atoms with Crippen molar-refractivity contribution in [2.24, 2.45) is 0 Å². The summed E-state index contributed by atoms with van der Waals surface area (Å²) in [5.74, 6) is 0.190. The number of benzene rings is 3. The number of anilines is 1. The Kier molecular flexibility index (Phi) is 5.66. The highest BCUT2D eigenvalue weighted by molar-refractivity contribution is 6.32. The highest BCUT2D eigenvalue weighted by atomic mass is 35.5. The van der Waals surface area contributed by atoms with E-state index >= 15 is 0 Å². The fraction of sp³-hybridized carbons (Fsp3) is 0. The van der Waals surface area contributed by atoms with Gasteiger partial charge in [-0.05, 0) is 23.8 Å². The maximum Gasteiger partial charge on any atom is 0.255 e. The van der Waals surface area contributed by atoms with Crippen molar-refractivity contribution in [2.45, 2.75) is 0 Å². The first-order chi connectivity index (χ1) is 16.2. The molecule has 0 aliphatic rings. The molecule has 1 amide bonds. The smallest absolute Gasteiger partial charge is 0.255 e. The number of hydrogen-bond acceptors (Lipinski definition) is 4. The minimum Gasteiger partial charge on any atom is -0.290 e. The van der Waals surface area contributed by atoms with Crippen molar-refractivity contribution >= 4 is 35.3 Å². The van der Waals surface area contributed by atoms with Gasteiger partial charge in [-0.15, -0.1) is 5.10 Å². The summed E-state index contributed by atoms with van der Waals surface area (Å²) in [6.07, 6.45) is 3.04. The average Bonchev–Trinajstić information content (AvgIpc) is 3.26. The largest absolute Gasteiger partial charge is 0.290 e. The van der Waals surface area contributed by atoms with Crippen LogP contribution in [0, 0.1) is 0 Å². The van der Waals surface area contributed by atoms with Gasteiger partial charge in [-0.1, -0.05) is 90.5 Å². The van der Waals surface area contributed by atoms with Gasteiger partial charge in [0.2, 0.25) is 0 Å². The van der Waals surface area contributed by atoms with Gasteiger partial charge in [0.25, 0.3) is 17.6 Å². The zero-order valence-corrected chi connectivity index (χ0v) is 18.1. The first kappa shape index (κ1) is 20.6. The summed E-state index contributed by atoms with van der Waals surface area (Å²) in [6.45, 7) is 0. The normalized spacial score (nSPS) is 11.2. The van der Waals surface area contributed by atoms with E-state index in [1.54, 1.807) is 16.7 Å². The fourth-order valence-electron chi connectivity index (χ4n) is 3.42. The van der Waals surface area contributed by atoms with Crippen LogP contribution in [-0.2, 0) is 4.79 Å². The summed E-state index contributed by atoms with van der Waals surface area (Å²) in [7, 11) is 0. The number of nitrogens with zero attached hydrogens (tertiary/aromatic N) is 4. The molecular weight excluding hydrogens is 434 g/mol. The molecule has 0 unspecified atom stereocenters. The molecule has 2 heterocycles. The highest BCUT2D eigenvalue weighted by Gasteiger charge is 2.14. The number of nitrogens with one attached hydrogen (secondary N) is 1. The third-order valence-electron chi connectivity index (χ3n) is 5.01. The molecule has 5 aromatic rings. The number of aromatic nitrogens is 4. The first-order valence-electron chi connectivity index (χ1n) is 10.3. The van der Waals surface area contributed by atoms with Crippen LogP contribution in [0.1, 0.15) is 5.56 Å². The van der Waals surface area contributed by atoms with Gasteiger partial charge in [-0.3, -0.25) is 10.1 Å². The van der Waals surface area contributed by atoms with Gasteiger partial charge in [0.1, 0.15) is 0 Å². The minimum absolute atomic E-state index is 0.165. The van der Waals surface area contributed by atoms with E-state index in [-0.39, 0.29) is 11.9 Å². The molecule has 0 saturated carbocycles. The topological polar surface area (TPSA) is 72.2 Å². The number of fused-ring (bicyclic) bond motifs is 1. The molecule has 7 heteroatoms. The quantitative estimate of drug-likeness (QED) is 0.344. The van der Waals surface area contributed by atoms with Crippen molar-refractivity contribution in [2.75, 3.05) is 5.32 Å². The van der Waals surface area contributed by atoms with Crippen LogP contribution in [0.3, 0.4) is 0 Å². The molecule has 0 saturated heterocycles. The number of hydrogen-bond donors (Lipinski definition) is 1. The first-order valence-corrected chi connectivity index (χ1v) is 10.7. The summed E-state index contributed by atoms with van der Waals surface area (Å²) in [6, 6.07) is 29.0. The Bertz CT molecular complexity index is 1460. The molecule has 0 aliphatic carbocycles. The van der Waals surface area contributed by atoms with Crippen molar-refractivity contribution in [3.8, 4) is 22.5 Å². The van der Waals surface area contributed by atoms with Gasteiger partial charge >= 0.3 is 0 Å². The highest BCUT2D eigenvalue weighted by Crippen LogP contribution is 2.26. The Labute approximate surface area is 195 Å². The lowest BCUT2D eigenvalue weighted by molar-refractivity contribution is -0.111. The summed E-state index contributed by atoms with van der Waals surface area (Å²) in [5.41, 5.74) is 4.26. The van der Waals surface area contributed by atoms with Gasteiger partial charge in [-0.2, -0.15) is 9.50 Å². The van der Waals surface area contributed by atoms with Crippen LogP contribution in [0.15, 0.2) is 97.1 Å². The summed E-state index contributed by atoms with van der Waals surface area (Å²) >= 11 is 6.14. The fourth-order valence-corrected chi connectivity index (χ4v) is 3.62. The number of halogens is 1. The molecule has 0 spiro atoms. The van der Waals surface area contributed by atoms with Crippen molar-refractivity contribution in [1.29, 1.82) is 0 Å².